The predicted molar refractivity (Wildman–Crippen MR) is 181 cm³/mol. The van der Waals surface area contributed by atoms with Gasteiger partial charge in [0.15, 0.2) is 0 Å². The Morgan fingerprint density at radius 2 is 0.762 bits per heavy atom. The summed E-state index contributed by atoms with van der Waals surface area (Å²) in [4.78, 5) is 21.6. The molecule has 0 atom stereocenters. The second kappa shape index (κ2) is 35.6. The molecular formula is C38H70O4. The topological polar surface area (TPSA) is 63.6 Å². The Morgan fingerprint density at radius 1 is 0.452 bits per heavy atom. The summed E-state index contributed by atoms with van der Waals surface area (Å²) in [5, 5.41) is 8.46. The maximum absolute atomic E-state index is 11.2. The highest BCUT2D eigenvalue weighted by molar-refractivity contribution is 5.90. The fraction of sp³-hybridized carbons (Fsp3) is 0.842. The molecule has 246 valence electrons. The zero-order valence-corrected chi connectivity index (χ0v) is 27.9. The van der Waals surface area contributed by atoms with Crippen LogP contribution in [0.1, 0.15) is 200 Å². The lowest BCUT2D eigenvalue weighted by Gasteiger charge is -2.04. The summed E-state index contributed by atoms with van der Waals surface area (Å²) in [6, 6.07) is 0. The third kappa shape index (κ3) is 36.4. The lowest BCUT2D eigenvalue weighted by molar-refractivity contribution is -0.138. The number of ether oxygens (including phenoxy) is 1. The molecule has 0 radical (unpaired) electrons. The number of carboxylic acids is 1. The molecule has 0 saturated heterocycles. The highest BCUT2D eigenvalue weighted by atomic mass is 16.5. The third-order valence-electron chi connectivity index (χ3n) is 8.26. The van der Waals surface area contributed by atoms with Crippen molar-refractivity contribution in [3.05, 3.63) is 24.3 Å². The molecule has 4 heteroatoms. The second-order valence-electron chi connectivity index (χ2n) is 12.4. The molecule has 4 nitrogen and oxygen atoms in total. The van der Waals surface area contributed by atoms with Gasteiger partial charge in [-0.25, -0.2) is 9.59 Å². The van der Waals surface area contributed by atoms with Gasteiger partial charge in [0.25, 0.3) is 0 Å². The molecule has 0 bridgehead atoms. The normalized spacial score (nSPS) is 11.6. The monoisotopic (exact) mass is 591 g/mol. The number of unbranched alkanes of at least 4 members (excludes halogenated alkanes) is 28. The first-order chi connectivity index (χ1) is 20.7. The van der Waals surface area contributed by atoms with E-state index < -0.39 is 11.9 Å². The van der Waals surface area contributed by atoms with E-state index in [1.165, 1.54) is 173 Å². The molecule has 42 heavy (non-hydrogen) atoms. The number of carbonyl (C=O) groups excluding carboxylic acids is 1. The van der Waals surface area contributed by atoms with Gasteiger partial charge in [0.1, 0.15) is 0 Å². The highest BCUT2D eigenvalue weighted by Gasteiger charge is 1.99. The van der Waals surface area contributed by atoms with E-state index in [1.807, 2.05) is 0 Å². The van der Waals surface area contributed by atoms with Crippen LogP contribution in [-0.4, -0.2) is 23.7 Å². The maximum atomic E-state index is 11.2. The summed E-state index contributed by atoms with van der Waals surface area (Å²) in [5.41, 5.74) is 0. The number of allylic oxidation sites excluding steroid dienone is 2. The summed E-state index contributed by atoms with van der Waals surface area (Å²) >= 11 is 0. The largest absolute Gasteiger partial charge is 0.478 e. The number of aliphatic carboxylic acids is 1. The molecule has 0 aromatic carbocycles. The maximum Gasteiger partial charge on any atom is 0.331 e. The van der Waals surface area contributed by atoms with E-state index in [1.54, 1.807) is 0 Å². The van der Waals surface area contributed by atoms with Crippen molar-refractivity contribution < 1.29 is 19.4 Å². The number of hydrogen-bond acceptors (Lipinski definition) is 3. The van der Waals surface area contributed by atoms with Gasteiger partial charge >= 0.3 is 11.9 Å². The van der Waals surface area contributed by atoms with E-state index in [4.69, 9.17) is 9.84 Å². The first-order valence-corrected chi connectivity index (χ1v) is 18.4. The van der Waals surface area contributed by atoms with E-state index in [2.05, 4.69) is 19.1 Å². The average Bonchev–Trinajstić information content (AvgIpc) is 2.98. The number of carboxylic acid groups (broad SMARTS) is 1. The van der Waals surface area contributed by atoms with E-state index in [0.29, 0.717) is 6.61 Å². The predicted octanol–water partition coefficient (Wildman–Crippen LogP) is 12.4. The molecule has 0 aromatic heterocycles. The van der Waals surface area contributed by atoms with Crippen molar-refractivity contribution in [3.63, 3.8) is 0 Å². The van der Waals surface area contributed by atoms with Crippen LogP contribution in [0.2, 0.25) is 0 Å². The molecule has 0 aliphatic heterocycles. The van der Waals surface area contributed by atoms with Crippen molar-refractivity contribution in [2.24, 2.45) is 0 Å². The van der Waals surface area contributed by atoms with Crippen molar-refractivity contribution >= 4 is 11.9 Å². The number of esters is 1. The fourth-order valence-corrected chi connectivity index (χ4v) is 5.54. The SMILES string of the molecule is CCCCCCCCCCCCCCCCCCCCCCCC/C=C\CCCCCCCCOC(=O)/C=C/C(=O)O. The Hall–Kier alpha value is -1.58. The molecule has 0 aliphatic rings. The lowest BCUT2D eigenvalue weighted by Crippen LogP contribution is -2.03. The Labute approximate surface area is 261 Å². The van der Waals surface area contributed by atoms with Crippen LogP contribution < -0.4 is 0 Å². The third-order valence-corrected chi connectivity index (χ3v) is 8.26. The molecule has 0 aliphatic carbocycles. The summed E-state index contributed by atoms with van der Waals surface area (Å²) in [6.45, 7) is 2.66. The van der Waals surface area contributed by atoms with Crippen molar-refractivity contribution in [1.82, 2.24) is 0 Å². The van der Waals surface area contributed by atoms with Gasteiger partial charge in [-0.3, -0.25) is 0 Å². The standard InChI is InChI=1S/C38H70O4/c1-2-3-4-5-6-7-8-9-10-11-12-13-14-15-16-17-18-19-20-21-22-23-24-25-26-27-28-29-30-31-32-33-36-42-38(41)35-34-37(39)40/h25-26,34-35H,2-24,27-33,36H2,1H3,(H,39,40)/b26-25-,35-34+. The highest BCUT2D eigenvalue weighted by Crippen LogP contribution is 2.15. The van der Waals surface area contributed by atoms with Crippen LogP contribution in [0.3, 0.4) is 0 Å². The van der Waals surface area contributed by atoms with E-state index >= 15 is 0 Å². The number of rotatable bonds is 34. The van der Waals surface area contributed by atoms with Crippen LogP contribution in [-0.2, 0) is 14.3 Å². The lowest BCUT2D eigenvalue weighted by atomic mass is 10.0. The van der Waals surface area contributed by atoms with Gasteiger partial charge in [-0.15, -0.1) is 0 Å². The molecule has 0 rings (SSSR count). The molecule has 0 saturated carbocycles. The summed E-state index contributed by atoms with van der Waals surface area (Å²) in [5.74, 6) is -1.71. The van der Waals surface area contributed by atoms with Crippen molar-refractivity contribution in [2.45, 2.75) is 200 Å². The Balaban J connectivity index is 3.15. The van der Waals surface area contributed by atoms with Crippen molar-refractivity contribution in [3.8, 4) is 0 Å². The van der Waals surface area contributed by atoms with Crippen molar-refractivity contribution in [1.29, 1.82) is 0 Å². The van der Waals surface area contributed by atoms with Gasteiger partial charge in [-0.1, -0.05) is 180 Å². The second-order valence-corrected chi connectivity index (χ2v) is 12.4. The molecule has 0 unspecified atom stereocenters. The first-order valence-electron chi connectivity index (χ1n) is 18.4. The van der Waals surface area contributed by atoms with Crippen LogP contribution in [0.15, 0.2) is 24.3 Å². The van der Waals surface area contributed by atoms with Crippen LogP contribution in [0.25, 0.3) is 0 Å². The van der Waals surface area contributed by atoms with E-state index in [-0.39, 0.29) is 0 Å². The van der Waals surface area contributed by atoms with Gasteiger partial charge in [0.05, 0.1) is 6.61 Å². The van der Waals surface area contributed by atoms with Gasteiger partial charge in [0, 0.05) is 12.2 Å². The zero-order chi connectivity index (χ0) is 30.6. The molecule has 0 fully saturated rings. The van der Waals surface area contributed by atoms with Gasteiger partial charge in [-0.05, 0) is 32.1 Å². The van der Waals surface area contributed by atoms with Crippen molar-refractivity contribution in [2.75, 3.05) is 6.61 Å². The molecule has 0 spiro atoms. The minimum absolute atomic E-state index is 0.366. The van der Waals surface area contributed by atoms with Crippen LogP contribution in [0.5, 0.6) is 0 Å². The minimum atomic E-state index is -1.14. The Kier molecular flexibility index (Phi) is 34.3. The van der Waals surface area contributed by atoms with Gasteiger partial charge in [0.2, 0.25) is 0 Å². The van der Waals surface area contributed by atoms with E-state index in [9.17, 15) is 9.59 Å². The minimum Gasteiger partial charge on any atom is -0.478 e. The van der Waals surface area contributed by atoms with Crippen LogP contribution in [0, 0.1) is 0 Å². The zero-order valence-electron chi connectivity index (χ0n) is 27.9. The fourth-order valence-electron chi connectivity index (χ4n) is 5.54. The summed E-state index contributed by atoms with van der Waals surface area (Å²) in [6.07, 6.45) is 47.4. The van der Waals surface area contributed by atoms with E-state index in [0.717, 1.165) is 31.4 Å². The Bertz CT molecular complexity index is 625. The molecule has 0 amide bonds. The van der Waals surface area contributed by atoms with Gasteiger partial charge < -0.3 is 9.84 Å². The number of hydrogen-bond donors (Lipinski definition) is 1. The number of carbonyl (C=O) groups is 2. The quantitative estimate of drug-likeness (QED) is 0.0350. The van der Waals surface area contributed by atoms with Gasteiger partial charge in [-0.2, -0.15) is 0 Å². The summed E-state index contributed by atoms with van der Waals surface area (Å²) < 4.78 is 4.96. The molecular weight excluding hydrogens is 520 g/mol. The van der Waals surface area contributed by atoms with Crippen LogP contribution in [0.4, 0.5) is 0 Å². The molecule has 1 N–H and O–H groups in total. The Morgan fingerprint density at radius 3 is 1.10 bits per heavy atom. The smallest absolute Gasteiger partial charge is 0.331 e. The average molecular weight is 591 g/mol. The first kappa shape index (κ1) is 40.4. The molecule has 0 heterocycles. The summed E-state index contributed by atoms with van der Waals surface area (Å²) in [7, 11) is 0. The molecule has 0 aromatic rings. The van der Waals surface area contributed by atoms with Crippen LogP contribution >= 0.6 is 0 Å².